The van der Waals surface area contributed by atoms with Crippen LogP contribution in [0.2, 0.25) is 0 Å². The predicted octanol–water partition coefficient (Wildman–Crippen LogP) is 3.07. The van der Waals surface area contributed by atoms with E-state index in [0.717, 1.165) is 17.4 Å². The Balaban J connectivity index is 0.00000420. The highest BCUT2D eigenvalue weighted by atomic mass is 127. The van der Waals surface area contributed by atoms with E-state index in [1.54, 1.807) is 14.2 Å². The summed E-state index contributed by atoms with van der Waals surface area (Å²) in [6.45, 7) is 5.37. The van der Waals surface area contributed by atoms with E-state index >= 15 is 0 Å². The van der Waals surface area contributed by atoms with Gasteiger partial charge in [0.05, 0.1) is 7.11 Å². The van der Waals surface area contributed by atoms with Crippen LogP contribution in [0, 0.1) is 5.92 Å². The van der Waals surface area contributed by atoms with E-state index in [9.17, 15) is 4.79 Å². The van der Waals surface area contributed by atoms with Crippen molar-refractivity contribution in [2.75, 3.05) is 27.3 Å². The normalized spacial score (nSPS) is 19.0. The SMILES string of the molecule is CCNC(=O)COc1ccc(CNC(=NC)NC2CCC(C)CC2)cc1OC.I. The number of carbonyl (C=O) groups excluding carboxylic acids is 1. The minimum atomic E-state index is -0.151. The first kappa shape index (κ1) is 25.3. The molecule has 164 valence electrons. The maximum atomic E-state index is 11.6. The number of carbonyl (C=O) groups is 1. The first-order valence-electron chi connectivity index (χ1n) is 10.1. The summed E-state index contributed by atoms with van der Waals surface area (Å²) in [7, 11) is 3.38. The highest BCUT2D eigenvalue weighted by molar-refractivity contribution is 14.0. The average molecular weight is 518 g/mol. The van der Waals surface area contributed by atoms with Gasteiger partial charge in [0.2, 0.25) is 0 Å². The maximum absolute atomic E-state index is 11.6. The van der Waals surface area contributed by atoms with Gasteiger partial charge in [-0.05, 0) is 56.2 Å². The number of nitrogens with zero attached hydrogens (tertiary/aromatic N) is 1. The molecule has 0 heterocycles. The van der Waals surface area contributed by atoms with E-state index in [0.29, 0.717) is 30.6 Å². The summed E-state index contributed by atoms with van der Waals surface area (Å²) < 4.78 is 11.0. The second-order valence-electron chi connectivity index (χ2n) is 7.25. The Labute approximate surface area is 191 Å². The van der Waals surface area contributed by atoms with Crippen LogP contribution >= 0.6 is 24.0 Å². The summed E-state index contributed by atoms with van der Waals surface area (Å²) >= 11 is 0. The van der Waals surface area contributed by atoms with Gasteiger partial charge in [0.15, 0.2) is 24.1 Å². The number of aliphatic imine (C=N–C) groups is 1. The number of guanidine groups is 1. The predicted molar refractivity (Wildman–Crippen MR) is 127 cm³/mol. The van der Waals surface area contributed by atoms with Crippen LogP contribution in [0.25, 0.3) is 0 Å². The monoisotopic (exact) mass is 518 g/mol. The first-order chi connectivity index (χ1) is 13.5. The van der Waals surface area contributed by atoms with Gasteiger partial charge < -0.3 is 25.4 Å². The Morgan fingerprint density at radius 1 is 1.17 bits per heavy atom. The fourth-order valence-electron chi connectivity index (χ4n) is 3.31. The van der Waals surface area contributed by atoms with Gasteiger partial charge in [0.25, 0.3) is 5.91 Å². The number of rotatable bonds is 8. The number of hydrogen-bond donors (Lipinski definition) is 3. The van der Waals surface area contributed by atoms with E-state index < -0.39 is 0 Å². The molecule has 1 fully saturated rings. The van der Waals surface area contributed by atoms with E-state index in [1.807, 2.05) is 25.1 Å². The number of benzene rings is 1. The number of amides is 1. The lowest BCUT2D eigenvalue weighted by Crippen LogP contribution is -2.44. The van der Waals surface area contributed by atoms with Gasteiger partial charge in [-0.3, -0.25) is 9.79 Å². The molecule has 29 heavy (non-hydrogen) atoms. The van der Waals surface area contributed by atoms with Crippen molar-refractivity contribution in [3.05, 3.63) is 23.8 Å². The van der Waals surface area contributed by atoms with Crippen LogP contribution in [-0.4, -0.2) is 45.2 Å². The average Bonchev–Trinajstić information content (AvgIpc) is 2.71. The molecule has 1 aliphatic carbocycles. The van der Waals surface area contributed by atoms with E-state index in [4.69, 9.17) is 9.47 Å². The van der Waals surface area contributed by atoms with Gasteiger partial charge in [-0.1, -0.05) is 13.0 Å². The molecule has 0 spiro atoms. The zero-order valence-corrected chi connectivity index (χ0v) is 20.2. The lowest BCUT2D eigenvalue weighted by molar-refractivity contribution is -0.123. The van der Waals surface area contributed by atoms with Gasteiger partial charge in [-0.15, -0.1) is 24.0 Å². The number of likely N-dealkylation sites (N-methyl/N-ethyl adjacent to an activating group) is 1. The van der Waals surface area contributed by atoms with Crippen molar-refractivity contribution in [2.24, 2.45) is 10.9 Å². The van der Waals surface area contributed by atoms with Crippen LogP contribution in [0.3, 0.4) is 0 Å². The van der Waals surface area contributed by atoms with Crippen LogP contribution < -0.4 is 25.4 Å². The molecule has 0 aromatic heterocycles. The third kappa shape index (κ3) is 8.67. The number of hydrogen-bond acceptors (Lipinski definition) is 4. The van der Waals surface area contributed by atoms with Crippen molar-refractivity contribution >= 4 is 35.8 Å². The Hall–Kier alpha value is -1.71. The first-order valence-corrected chi connectivity index (χ1v) is 10.1. The molecule has 1 aliphatic rings. The molecule has 1 amide bonds. The quantitative estimate of drug-likeness (QED) is 0.280. The number of ether oxygens (including phenoxy) is 2. The van der Waals surface area contributed by atoms with Crippen molar-refractivity contribution in [2.45, 2.75) is 52.1 Å². The lowest BCUT2D eigenvalue weighted by atomic mass is 9.87. The molecule has 3 N–H and O–H groups in total. The van der Waals surface area contributed by atoms with E-state index in [2.05, 4.69) is 27.9 Å². The minimum Gasteiger partial charge on any atom is -0.493 e. The molecule has 0 unspecified atom stereocenters. The molecule has 0 saturated heterocycles. The summed E-state index contributed by atoms with van der Waals surface area (Å²) in [5.41, 5.74) is 1.04. The molecule has 7 nitrogen and oxygen atoms in total. The summed E-state index contributed by atoms with van der Waals surface area (Å²) in [5, 5.41) is 9.58. The molecule has 0 aliphatic heterocycles. The van der Waals surface area contributed by atoms with Gasteiger partial charge in [0, 0.05) is 26.2 Å². The summed E-state index contributed by atoms with van der Waals surface area (Å²) in [4.78, 5) is 15.9. The lowest BCUT2D eigenvalue weighted by Gasteiger charge is -2.28. The van der Waals surface area contributed by atoms with Crippen LogP contribution in [0.15, 0.2) is 23.2 Å². The number of nitrogens with one attached hydrogen (secondary N) is 3. The molecule has 0 atom stereocenters. The molecule has 0 bridgehead atoms. The van der Waals surface area contributed by atoms with Crippen molar-refractivity contribution in [1.29, 1.82) is 0 Å². The van der Waals surface area contributed by atoms with Gasteiger partial charge in [-0.25, -0.2) is 0 Å². The molecule has 1 aromatic carbocycles. The third-order valence-electron chi connectivity index (χ3n) is 5.00. The van der Waals surface area contributed by atoms with Crippen molar-refractivity contribution in [3.8, 4) is 11.5 Å². The summed E-state index contributed by atoms with van der Waals surface area (Å²) in [6, 6.07) is 6.18. The number of methoxy groups -OCH3 is 1. The van der Waals surface area contributed by atoms with Crippen molar-refractivity contribution < 1.29 is 14.3 Å². The molecule has 2 rings (SSSR count). The van der Waals surface area contributed by atoms with Crippen LogP contribution in [0.1, 0.15) is 45.1 Å². The van der Waals surface area contributed by atoms with Gasteiger partial charge in [0.1, 0.15) is 0 Å². The Kier molecular flexibility index (Phi) is 11.8. The fourth-order valence-corrected chi connectivity index (χ4v) is 3.31. The Morgan fingerprint density at radius 3 is 2.52 bits per heavy atom. The molecule has 8 heteroatoms. The summed E-state index contributed by atoms with van der Waals surface area (Å²) in [6.07, 6.45) is 4.91. The van der Waals surface area contributed by atoms with E-state index in [-0.39, 0.29) is 36.5 Å². The smallest absolute Gasteiger partial charge is 0.257 e. The van der Waals surface area contributed by atoms with Crippen LogP contribution in [-0.2, 0) is 11.3 Å². The largest absolute Gasteiger partial charge is 0.493 e. The fraction of sp³-hybridized carbons (Fsp3) is 0.619. The highest BCUT2D eigenvalue weighted by Gasteiger charge is 2.19. The maximum Gasteiger partial charge on any atom is 0.257 e. The van der Waals surface area contributed by atoms with E-state index in [1.165, 1.54) is 25.7 Å². The molecule has 0 radical (unpaired) electrons. The Morgan fingerprint density at radius 2 is 1.90 bits per heavy atom. The second kappa shape index (κ2) is 13.5. The second-order valence-corrected chi connectivity index (χ2v) is 7.25. The van der Waals surface area contributed by atoms with Crippen LogP contribution in [0.4, 0.5) is 0 Å². The molecular formula is C21H35IN4O3. The molecular weight excluding hydrogens is 483 g/mol. The highest BCUT2D eigenvalue weighted by Crippen LogP contribution is 2.28. The zero-order chi connectivity index (χ0) is 20.4. The third-order valence-corrected chi connectivity index (χ3v) is 5.00. The van der Waals surface area contributed by atoms with Crippen molar-refractivity contribution in [3.63, 3.8) is 0 Å². The topological polar surface area (TPSA) is 84.0 Å². The number of halogens is 1. The molecule has 1 saturated carbocycles. The van der Waals surface area contributed by atoms with Crippen LogP contribution in [0.5, 0.6) is 11.5 Å². The minimum absolute atomic E-state index is 0. The zero-order valence-electron chi connectivity index (χ0n) is 17.9. The van der Waals surface area contributed by atoms with Gasteiger partial charge in [-0.2, -0.15) is 0 Å². The Bertz CT molecular complexity index is 661. The van der Waals surface area contributed by atoms with Crippen molar-refractivity contribution in [1.82, 2.24) is 16.0 Å². The van der Waals surface area contributed by atoms with Gasteiger partial charge >= 0.3 is 0 Å². The standard InChI is InChI=1S/C21H34N4O3.HI/c1-5-23-20(26)14-28-18-11-8-16(12-19(18)27-4)13-24-21(22-3)25-17-9-6-15(2)7-10-17;/h8,11-12,15,17H,5-7,9-10,13-14H2,1-4H3,(H,23,26)(H2,22,24,25);1H. The summed E-state index contributed by atoms with van der Waals surface area (Å²) in [5.74, 6) is 2.65. The molecule has 1 aromatic rings.